The monoisotopic (exact) mass is 622 g/mol. The molecule has 2 amide bonds. The predicted molar refractivity (Wildman–Crippen MR) is 145 cm³/mol. The van der Waals surface area contributed by atoms with E-state index in [1.165, 1.54) is 29.0 Å². The maximum atomic E-state index is 13.0. The number of β-lactam (4-membered cyclic amide) rings is 1. The second kappa shape index (κ2) is 13.6. The van der Waals surface area contributed by atoms with Crippen LogP contribution in [0.15, 0.2) is 62.4 Å². The fraction of sp³-hybridized carbons (Fsp3) is 0.227. The number of aromatic nitrogens is 5. The Bertz CT molecular complexity index is 1540. The van der Waals surface area contributed by atoms with E-state index in [4.69, 9.17) is 10.6 Å². The molecule has 19 heteroatoms. The third-order valence-corrected chi connectivity index (χ3v) is 8.62. The van der Waals surface area contributed by atoms with Crippen LogP contribution in [0.2, 0.25) is 0 Å². The summed E-state index contributed by atoms with van der Waals surface area (Å²) in [6.45, 7) is 0. The first-order valence-corrected chi connectivity index (χ1v) is 14.3. The summed E-state index contributed by atoms with van der Waals surface area (Å²) in [6.07, 6.45) is 1.59. The van der Waals surface area contributed by atoms with E-state index in [2.05, 4.69) is 36.1 Å². The molecule has 41 heavy (non-hydrogen) atoms. The molecule has 15 nitrogen and oxygen atoms in total. The summed E-state index contributed by atoms with van der Waals surface area (Å²) < 4.78 is 0. The van der Waals surface area contributed by atoms with Gasteiger partial charge in [-0.2, -0.15) is 5.10 Å². The summed E-state index contributed by atoms with van der Waals surface area (Å²) in [4.78, 5) is 49.2. The number of anilines is 1. The second-order valence-corrected chi connectivity index (χ2v) is 11.0. The number of carbonyl (C=O) groups excluding carboxylic acids is 3. The van der Waals surface area contributed by atoms with E-state index >= 15 is 0 Å². The van der Waals surface area contributed by atoms with Gasteiger partial charge >= 0.3 is 29.6 Å². The smallest absolute Gasteiger partial charge is 0.543 e. The van der Waals surface area contributed by atoms with Crippen LogP contribution in [0.5, 0.6) is 0 Å². The molecular weight excluding hydrogens is 603 g/mol. The van der Waals surface area contributed by atoms with Crippen molar-refractivity contribution in [2.45, 2.75) is 16.6 Å². The number of oxime groups is 1. The van der Waals surface area contributed by atoms with Crippen LogP contribution in [-0.2, 0) is 19.2 Å². The van der Waals surface area contributed by atoms with E-state index in [-0.39, 0.29) is 63.3 Å². The van der Waals surface area contributed by atoms with Crippen molar-refractivity contribution < 1.29 is 53.9 Å². The van der Waals surface area contributed by atoms with Crippen LogP contribution in [0, 0.1) is 0 Å². The zero-order chi connectivity index (χ0) is 28.2. The first-order valence-electron chi connectivity index (χ1n) is 11.4. The number of nitrogens with two attached hydrogens (primary N) is 1. The Labute approximate surface area is 266 Å². The quantitative estimate of drug-likeness (QED) is 0.0733. The molecule has 2 atom stereocenters. The number of carboxylic acid groups (broad SMARTS) is 1. The molecule has 0 saturated carbocycles. The van der Waals surface area contributed by atoms with Gasteiger partial charge in [0.1, 0.15) is 24.2 Å². The summed E-state index contributed by atoms with van der Waals surface area (Å²) in [5.74, 6) is -2.37. The molecule has 206 valence electrons. The molecule has 4 heterocycles. The minimum Gasteiger partial charge on any atom is -0.543 e. The molecule has 0 radical (unpaired) electrons. The number of nitrogens with zero attached hydrogens (tertiary/aromatic N) is 8. The number of amides is 2. The molecule has 1 aromatic carbocycles. The van der Waals surface area contributed by atoms with Crippen LogP contribution >= 0.6 is 34.9 Å². The van der Waals surface area contributed by atoms with Gasteiger partial charge in [-0.3, -0.25) is 14.5 Å². The normalized spacial score (nSPS) is 18.5. The minimum absolute atomic E-state index is 0. The molecule has 0 spiro atoms. The largest absolute Gasteiger partial charge is 1.00 e. The first-order chi connectivity index (χ1) is 19.4. The Morgan fingerprint density at radius 1 is 1.34 bits per heavy atom. The number of aliphatic carboxylic acids is 1. The number of rotatable bonds is 10. The topological polar surface area (TPSA) is 206 Å². The van der Waals surface area contributed by atoms with Gasteiger partial charge < -0.3 is 25.8 Å². The van der Waals surface area contributed by atoms with E-state index in [0.29, 0.717) is 10.7 Å². The summed E-state index contributed by atoms with van der Waals surface area (Å²) in [7, 11) is 1.26. The first kappa shape index (κ1) is 30.7. The van der Waals surface area contributed by atoms with Gasteiger partial charge in [0, 0.05) is 16.9 Å². The van der Waals surface area contributed by atoms with Gasteiger partial charge in [0.25, 0.3) is 11.8 Å². The fourth-order valence-corrected chi connectivity index (χ4v) is 6.69. The van der Waals surface area contributed by atoms with Crippen LogP contribution in [-0.4, -0.2) is 89.9 Å². The molecule has 2 aromatic heterocycles. The molecule has 3 N–H and O–H groups in total. The van der Waals surface area contributed by atoms with Crippen molar-refractivity contribution in [3.63, 3.8) is 0 Å². The fourth-order valence-electron chi connectivity index (χ4n) is 3.83. The molecular formula is C22H19N10NaO5S3. The molecule has 0 aliphatic carbocycles. The van der Waals surface area contributed by atoms with Crippen LogP contribution in [0.4, 0.5) is 5.13 Å². The van der Waals surface area contributed by atoms with Gasteiger partial charge in [0.15, 0.2) is 10.8 Å². The number of thioether (sulfide) groups is 2. The molecule has 0 unspecified atom stereocenters. The van der Waals surface area contributed by atoms with Gasteiger partial charge in [0.2, 0.25) is 5.16 Å². The third kappa shape index (κ3) is 6.62. The number of nitrogens with one attached hydrogen (secondary N) is 1. The maximum absolute atomic E-state index is 13.0. The van der Waals surface area contributed by atoms with Crippen LogP contribution in [0.3, 0.4) is 0 Å². The average molecular weight is 623 g/mol. The number of hydrogen-bond acceptors (Lipinski definition) is 15. The molecule has 1 fully saturated rings. The predicted octanol–water partition coefficient (Wildman–Crippen LogP) is -3.86. The third-order valence-electron chi connectivity index (χ3n) is 5.61. The number of benzene rings is 1. The Morgan fingerprint density at radius 3 is 2.80 bits per heavy atom. The van der Waals surface area contributed by atoms with Crippen molar-refractivity contribution >= 4 is 69.7 Å². The van der Waals surface area contributed by atoms with E-state index in [1.807, 2.05) is 30.3 Å². The molecule has 2 aliphatic heterocycles. The number of nitrogen functional groups attached to an aromatic ring is 1. The summed E-state index contributed by atoms with van der Waals surface area (Å²) in [5.41, 5.74) is 6.73. The van der Waals surface area contributed by atoms with Crippen LogP contribution < -0.4 is 45.7 Å². The number of carboxylic acids is 1. The Morgan fingerprint density at radius 2 is 2.12 bits per heavy atom. The second-order valence-electron chi connectivity index (χ2n) is 8.09. The molecule has 3 aromatic rings. The molecule has 1 saturated heterocycles. The number of hydrogen-bond donors (Lipinski definition) is 2. The summed E-state index contributed by atoms with van der Waals surface area (Å²) in [5, 5.41) is 35.5. The molecule has 0 bridgehead atoms. The zero-order valence-electron chi connectivity index (χ0n) is 21.5. The van der Waals surface area contributed by atoms with Gasteiger partial charge in [-0.15, -0.1) is 27.9 Å². The summed E-state index contributed by atoms with van der Waals surface area (Å²) >= 11 is 3.58. The van der Waals surface area contributed by atoms with E-state index < -0.39 is 29.2 Å². The van der Waals surface area contributed by atoms with Gasteiger partial charge in [-0.25, -0.2) is 4.98 Å². The number of tetrazole rings is 1. The van der Waals surface area contributed by atoms with Gasteiger partial charge in [-0.1, -0.05) is 52.3 Å². The number of thiazole rings is 1. The maximum Gasteiger partial charge on any atom is 1.00 e. The molecule has 5 rings (SSSR count). The van der Waals surface area contributed by atoms with Crippen LogP contribution in [0.25, 0.3) is 0 Å². The number of carbonyl (C=O) groups is 3. The average Bonchev–Trinajstić information content (AvgIpc) is 3.60. The van der Waals surface area contributed by atoms with Crippen molar-refractivity contribution in [2.24, 2.45) is 10.3 Å². The van der Waals surface area contributed by atoms with Crippen LogP contribution in [0.1, 0.15) is 11.3 Å². The standard InChI is InChI=1S/C22H20N10O5S3.Na/c1-37-28-14(13-10-39-21(23)25-13)17(33)26-15-18(34)31-16(20(35)36)12(8-38-19(15)31)9-40-22-27-29-30-32(22)24-7-11-5-3-2-4-6-11;/h2-7,10,15,19H,8-9H2,1H3,(H2,23,25)(H,26,33)(H,35,36);/q;+1/p-1/b24-7?,28-14-;/t15-,19-;/m1./s1. The molecule has 2 aliphatic rings. The minimum atomic E-state index is -1.50. The Hall–Kier alpha value is -3.29. The van der Waals surface area contributed by atoms with Crippen molar-refractivity contribution in [1.29, 1.82) is 0 Å². The summed E-state index contributed by atoms with van der Waals surface area (Å²) in [6, 6.07) is 8.37. The van der Waals surface area contributed by atoms with Crippen molar-refractivity contribution in [2.75, 3.05) is 24.3 Å². The van der Waals surface area contributed by atoms with E-state index in [1.54, 1.807) is 6.21 Å². The SMILES string of the molecule is CO/N=C(\C(=O)N[C@@H]1C(=O)N2C(C(=O)[O-])=C(CSc3nnnn3N=Cc3ccccc3)CS[C@H]12)c1csc(N)n1.[Na+]. The Balaban J connectivity index is 0.00000387. The van der Waals surface area contributed by atoms with Crippen molar-refractivity contribution in [3.05, 3.63) is 58.2 Å². The van der Waals surface area contributed by atoms with Crippen molar-refractivity contribution in [3.8, 4) is 0 Å². The number of fused-ring (bicyclic) bond motifs is 1. The van der Waals surface area contributed by atoms with Crippen molar-refractivity contribution in [1.82, 2.24) is 35.5 Å². The van der Waals surface area contributed by atoms with E-state index in [9.17, 15) is 19.5 Å². The zero-order valence-corrected chi connectivity index (χ0v) is 26.0. The Kier molecular flexibility index (Phi) is 10.2. The van der Waals surface area contributed by atoms with Gasteiger partial charge in [0.05, 0.1) is 17.9 Å². The van der Waals surface area contributed by atoms with Gasteiger partial charge in [-0.05, 0) is 21.6 Å². The van der Waals surface area contributed by atoms with E-state index in [0.717, 1.165) is 33.6 Å².